The van der Waals surface area contributed by atoms with E-state index in [1.165, 1.54) is 80.0 Å². The zero-order valence-corrected chi connectivity index (χ0v) is 18.3. The first-order valence-electron chi connectivity index (χ1n) is 11.8. The van der Waals surface area contributed by atoms with Gasteiger partial charge in [0.15, 0.2) is 0 Å². The lowest BCUT2D eigenvalue weighted by Gasteiger charge is -2.30. The molecule has 0 saturated carbocycles. The van der Waals surface area contributed by atoms with E-state index in [-0.39, 0.29) is 5.41 Å². The maximum absolute atomic E-state index is 4.10. The van der Waals surface area contributed by atoms with Crippen molar-refractivity contribution in [2.45, 2.75) is 83.0 Å². The topological polar surface area (TPSA) is 0 Å². The van der Waals surface area contributed by atoms with Crippen molar-refractivity contribution in [3.63, 3.8) is 0 Å². The van der Waals surface area contributed by atoms with Gasteiger partial charge in [0, 0.05) is 5.41 Å². The van der Waals surface area contributed by atoms with Crippen LogP contribution in [0.3, 0.4) is 0 Å². The fraction of sp³-hybridized carbons (Fsp3) is 0.448. The first-order chi connectivity index (χ1) is 14.3. The Morgan fingerprint density at radius 2 is 1.24 bits per heavy atom. The van der Waals surface area contributed by atoms with E-state index in [1.807, 2.05) is 0 Å². The summed E-state index contributed by atoms with van der Waals surface area (Å²) in [4.78, 5) is 0. The fourth-order valence-corrected chi connectivity index (χ4v) is 4.98. The molecule has 0 radical (unpaired) electrons. The molecule has 2 aromatic rings. The van der Waals surface area contributed by atoms with Crippen molar-refractivity contribution in [3.05, 3.63) is 84.5 Å². The SMILES string of the molecule is C=CCC1(CC=CCCCCCCCCCC)c2ccccc2-c2ccccc21. The summed E-state index contributed by atoms with van der Waals surface area (Å²) in [5.41, 5.74) is 5.79. The molecule has 2 aromatic carbocycles. The van der Waals surface area contributed by atoms with Gasteiger partial charge in [-0.2, -0.15) is 0 Å². The number of unbranched alkanes of at least 4 members (excludes halogenated alkanes) is 8. The Balaban J connectivity index is 1.58. The number of fused-ring (bicyclic) bond motifs is 3. The molecule has 1 aliphatic carbocycles. The second-order valence-electron chi connectivity index (χ2n) is 8.61. The highest BCUT2D eigenvalue weighted by Crippen LogP contribution is 2.52. The summed E-state index contributed by atoms with van der Waals surface area (Å²) in [6.45, 7) is 6.38. The molecule has 0 amide bonds. The quantitative estimate of drug-likeness (QED) is 0.238. The van der Waals surface area contributed by atoms with Crippen LogP contribution >= 0.6 is 0 Å². The predicted molar refractivity (Wildman–Crippen MR) is 128 cm³/mol. The third-order valence-electron chi connectivity index (χ3n) is 6.53. The number of rotatable bonds is 13. The molecule has 29 heavy (non-hydrogen) atoms. The molecule has 0 spiro atoms. The normalized spacial score (nSPS) is 14.1. The number of hydrogen-bond donors (Lipinski definition) is 0. The third kappa shape index (κ3) is 5.10. The Bertz CT molecular complexity index is 750. The summed E-state index contributed by atoms with van der Waals surface area (Å²) in [5, 5.41) is 0. The maximum atomic E-state index is 4.10. The fourth-order valence-electron chi connectivity index (χ4n) is 4.98. The van der Waals surface area contributed by atoms with Crippen molar-refractivity contribution in [2.24, 2.45) is 0 Å². The van der Waals surface area contributed by atoms with Crippen LogP contribution in [-0.4, -0.2) is 0 Å². The second-order valence-corrected chi connectivity index (χ2v) is 8.61. The molecule has 154 valence electrons. The Morgan fingerprint density at radius 1 is 0.690 bits per heavy atom. The van der Waals surface area contributed by atoms with Crippen LogP contribution in [0.15, 0.2) is 73.3 Å². The molecule has 0 N–H and O–H groups in total. The van der Waals surface area contributed by atoms with E-state index in [2.05, 4.69) is 80.3 Å². The molecule has 0 bridgehead atoms. The Labute approximate surface area is 178 Å². The van der Waals surface area contributed by atoms with Gasteiger partial charge in [-0.3, -0.25) is 0 Å². The zero-order valence-electron chi connectivity index (χ0n) is 18.3. The van der Waals surface area contributed by atoms with Crippen LogP contribution in [0.2, 0.25) is 0 Å². The summed E-state index contributed by atoms with van der Waals surface area (Å²) >= 11 is 0. The third-order valence-corrected chi connectivity index (χ3v) is 6.53. The maximum Gasteiger partial charge on any atom is 0.0283 e. The molecule has 0 heterocycles. The molecule has 0 heteroatoms. The van der Waals surface area contributed by atoms with E-state index in [0.717, 1.165) is 12.8 Å². The summed E-state index contributed by atoms with van der Waals surface area (Å²) in [7, 11) is 0. The van der Waals surface area contributed by atoms with Crippen LogP contribution in [0.25, 0.3) is 11.1 Å². The van der Waals surface area contributed by atoms with Crippen LogP contribution in [0.5, 0.6) is 0 Å². The minimum Gasteiger partial charge on any atom is -0.103 e. The minimum absolute atomic E-state index is 0.0463. The van der Waals surface area contributed by atoms with E-state index in [4.69, 9.17) is 0 Å². The van der Waals surface area contributed by atoms with Gasteiger partial charge in [-0.1, -0.05) is 119 Å². The average Bonchev–Trinajstić information content (AvgIpc) is 3.03. The van der Waals surface area contributed by atoms with Gasteiger partial charge in [0.25, 0.3) is 0 Å². The molecule has 0 aliphatic heterocycles. The Kier molecular flexibility index (Phi) is 8.35. The van der Waals surface area contributed by atoms with Crippen molar-refractivity contribution in [2.75, 3.05) is 0 Å². The average molecular weight is 387 g/mol. The van der Waals surface area contributed by atoms with Gasteiger partial charge in [-0.15, -0.1) is 6.58 Å². The van der Waals surface area contributed by atoms with Gasteiger partial charge >= 0.3 is 0 Å². The van der Waals surface area contributed by atoms with Crippen molar-refractivity contribution in [3.8, 4) is 11.1 Å². The van der Waals surface area contributed by atoms with Crippen molar-refractivity contribution < 1.29 is 0 Å². The van der Waals surface area contributed by atoms with E-state index < -0.39 is 0 Å². The Hall–Kier alpha value is -2.08. The van der Waals surface area contributed by atoms with Crippen LogP contribution in [0.4, 0.5) is 0 Å². The molecular weight excluding hydrogens is 348 g/mol. The van der Waals surface area contributed by atoms with Gasteiger partial charge in [0.1, 0.15) is 0 Å². The highest BCUT2D eigenvalue weighted by atomic mass is 14.4. The Morgan fingerprint density at radius 3 is 1.83 bits per heavy atom. The summed E-state index contributed by atoms with van der Waals surface area (Å²) in [6, 6.07) is 17.9. The predicted octanol–water partition coefficient (Wildman–Crippen LogP) is 9.01. The molecule has 0 fully saturated rings. The van der Waals surface area contributed by atoms with E-state index in [0.29, 0.717) is 0 Å². The smallest absolute Gasteiger partial charge is 0.0283 e. The van der Waals surface area contributed by atoms with Crippen LogP contribution in [-0.2, 0) is 5.41 Å². The lowest BCUT2D eigenvalue weighted by molar-refractivity contribution is 0.541. The highest BCUT2D eigenvalue weighted by molar-refractivity contribution is 5.81. The largest absolute Gasteiger partial charge is 0.103 e. The van der Waals surface area contributed by atoms with E-state index in [1.54, 1.807) is 0 Å². The zero-order chi connectivity index (χ0) is 20.4. The summed E-state index contributed by atoms with van der Waals surface area (Å²) in [6.07, 6.45) is 21.3. The van der Waals surface area contributed by atoms with Crippen LogP contribution < -0.4 is 0 Å². The van der Waals surface area contributed by atoms with E-state index >= 15 is 0 Å². The van der Waals surface area contributed by atoms with Gasteiger partial charge in [0.2, 0.25) is 0 Å². The lowest BCUT2D eigenvalue weighted by Crippen LogP contribution is -2.23. The van der Waals surface area contributed by atoms with Crippen molar-refractivity contribution in [1.82, 2.24) is 0 Å². The summed E-state index contributed by atoms with van der Waals surface area (Å²) in [5.74, 6) is 0. The molecular formula is C29H38. The van der Waals surface area contributed by atoms with Gasteiger partial charge < -0.3 is 0 Å². The van der Waals surface area contributed by atoms with Crippen LogP contribution in [0, 0.1) is 0 Å². The standard InChI is InChI=1S/C29H38/c1-3-5-6-7-8-9-10-11-12-13-18-24-29(23-4-2)27-21-16-14-19-25(27)26-20-15-17-22-28(26)29/h4,13-22H,2-3,5-12,23-24H2,1H3. The molecule has 1 aliphatic rings. The van der Waals surface area contributed by atoms with Gasteiger partial charge in [-0.25, -0.2) is 0 Å². The lowest BCUT2D eigenvalue weighted by atomic mass is 9.73. The number of benzene rings is 2. The molecule has 0 saturated heterocycles. The van der Waals surface area contributed by atoms with Gasteiger partial charge in [0.05, 0.1) is 0 Å². The second kappa shape index (κ2) is 11.2. The van der Waals surface area contributed by atoms with Gasteiger partial charge in [-0.05, 0) is 47.9 Å². The molecule has 3 rings (SSSR count). The van der Waals surface area contributed by atoms with Crippen molar-refractivity contribution >= 4 is 0 Å². The van der Waals surface area contributed by atoms with Crippen molar-refractivity contribution in [1.29, 1.82) is 0 Å². The number of hydrogen-bond acceptors (Lipinski definition) is 0. The molecule has 0 aromatic heterocycles. The molecule has 0 unspecified atom stereocenters. The first-order valence-corrected chi connectivity index (χ1v) is 11.8. The first kappa shape index (κ1) is 21.6. The molecule has 0 nitrogen and oxygen atoms in total. The monoisotopic (exact) mass is 386 g/mol. The molecule has 0 atom stereocenters. The minimum atomic E-state index is 0.0463. The highest BCUT2D eigenvalue weighted by Gasteiger charge is 2.40. The number of allylic oxidation sites excluding steroid dienone is 3. The summed E-state index contributed by atoms with van der Waals surface area (Å²) < 4.78 is 0. The van der Waals surface area contributed by atoms with Crippen LogP contribution in [0.1, 0.15) is 88.7 Å². The van der Waals surface area contributed by atoms with E-state index in [9.17, 15) is 0 Å².